The second-order valence-corrected chi connectivity index (χ2v) is 8.23. The van der Waals surface area contributed by atoms with Gasteiger partial charge in [-0.15, -0.1) is 0 Å². The molecule has 21 heavy (non-hydrogen) atoms. The molecule has 0 heterocycles. The highest BCUT2D eigenvalue weighted by atomic mass is 32.2. The minimum absolute atomic E-state index is 0.256. The normalized spacial score (nSPS) is 13.4. The third-order valence-electron chi connectivity index (χ3n) is 3.45. The zero-order chi connectivity index (χ0) is 16.0. The monoisotopic (exact) mass is 330 g/mol. The summed E-state index contributed by atoms with van der Waals surface area (Å²) < 4.78 is 27.6. The van der Waals surface area contributed by atoms with Crippen LogP contribution in [-0.2, 0) is 16.6 Å². The predicted octanol–water partition coefficient (Wildman–Crippen LogP) is 2.44. The SMILES string of the molecule is CCNCc1cc(S(=O)(=O)NCC(C)SC)c(C)cc1C. The molecule has 0 saturated carbocycles. The van der Waals surface area contributed by atoms with Crippen LogP contribution >= 0.6 is 11.8 Å². The molecule has 1 rings (SSSR count). The Balaban J connectivity index is 3.04. The maximum absolute atomic E-state index is 12.5. The number of sulfonamides is 1. The van der Waals surface area contributed by atoms with Crippen molar-refractivity contribution in [2.24, 2.45) is 0 Å². The van der Waals surface area contributed by atoms with E-state index in [1.807, 2.05) is 40.0 Å². The van der Waals surface area contributed by atoms with Crippen LogP contribution in [0.2, 0.25) is 0 Å². The van der Waals surface area contributed by atoms with Gasteiger partial charge in [0.05, 0.1) is 4.90 Å². The number of thioether (sulfide) groups is 1. The maximum atomic E-state index is 12.5. The first kappa shape index (κ1) is 18.5. The Morgan fingerprint density at radius 1 is 1.24 bits per heavy atom. The molecule has 1 aromatic carbocycles. The Morgan fingerprint density at radius 2 is 1.90 bits per heavy atom. The van der Waals surface area contributed by atoms with Crippen molar-refractivity contribution in [3.63, 3.8) is 0 Å². The molecule has 0 radical (unpaired) electrons. The molecule has 4 nitrogen and oxygen atoms in total. The molecular formula is C15H26N2O2S2. The zero-order valence-electron chi connectivity index (χ0n) is 13.5. The molecule has 0 aliphatic rings. The first-order chi connectivity index (χ1) is 9.81. The molecule has 0 aliphatic heterocycles. The van der Waals surface area contributed by atoms with Gasteiger partial charge in [0.2, 0.25) is 10.0 Å². The number of hydrogen-bond acceptors (Lipinski definition) is 4. The van der Waals surface area contributed by atoms with Crippen LogP contribution < -0.4 is 10.0 Å². The van der Waals surface area contributed by atoms with Crippen LogP contribution in [0.15, 0.2) is 17.0 Å². The van der Waals surface area contributed by atoms with Crippen molar-refractivity contribution in [2.45, 2.75) is 44.4 Å². The summed E-state index contributed by atoms with van der Waals surface area (Å²) >= 11 is 1.64. The second kappa shape index (κ2) is 8.17. The van der Waals surface area contributed by atoms with E-state index in [-0.39, 0.29) is 5.25 Å². The third-order valence-corrected chi connectivity index (χ3v) is 5.99. The Morgan fingerprint density at radius 3 is 2.48 bits per heavy atom. The lowest BCUT2D eigenvalue weighted by atomic mass is 10.1. The summed E-state index contributed by atoms with van der Waals surface area (Å²) in [4.78, 5) is 0.384. The van der Waals surface area contributed by atoms with Crippen LogP contribution in [0.25, 0.3) is 0 Å². The fourth-order valence-electron chi connectivity index (χ4n) is 2.00. The van der Waals surface area contributed by atoms with Crippen LogP contribution in [0, 0.1) is 13.8 Å². The number of nitrogens with one attached hydrogen (secondary N) is 2. The maximum Gasteiger partial charge on any atom is 0.240 e. The van der Waals surface area contributed by atoms with Gasteiger partial charge in [0.15, 0.2) is 0 Å². The van der Waals surface area contributed by atoms with E-state index in [9.17, 15) is 8.42 Å². The largest absolute Gasteiger partial charge is 0.313 e. The van der Waals surface area contributed by atoms with Gasteiger partial charge in [0.1, 0.15) is 0 Å². The van der Waals surface area contributed by atoms with E-state index in [1.165, 1.54) is 0 Å². The molecule has 2 N–H and O–H groups in total. The smallest absolute Gasteiger partial charge is 0.240 e. The van der Waals surface area contributed by atoms with Gasteiger partial charge in [-0.2, -0.15) is 11.8 Å². The van der Waals surface area contributed by atoms with Gasteiger partial charge in [-0.3, -0.25) is 0 Å². The van der Waals surface area contributed by atoms with E-state index in [1.54, 1.807) is 17.8 Å². The second-order valence-electron chi connectivity index (χ2n) is 5.22. The van der Waals surface area contributed by atoms with E-state index in [2.05, 4.69) is 10.0 Å². The zero-order valence-corrected chi connectivity index (χ0v) is 15.1. The Bertz CT molecular complexity index is 571. The summed E-state index contributed by atoms with van der Waals surface area (Å²) in [5.41, 5.74) is 2.93. The lowest BCUT2D eigenvalue weighted by Crippen LogP contribution is -2.30. The lowest BCUT2D eigenvalue weighted by molar-refractivity contribution is 0.580. The van der Waals surface area contributed by atoms with E-state index in [0.29, 0.717) is 18.0 Å². The Hall–Kier alpha value is -0.560. The molecule has 0 amide bonds. The fourth-order valence-corrected chi connectivity index (χ4v) is 3.76. The average molecular weight is 331 g/mol. The van der Waals surface area contributed by atoms with E-state index < -0.39 is 10.0 Å². The first-order valence-corrected chi connectivity index (χ1v) is 9.92. The third kappa shape index (κ3) is 5.29. The van der Waals surface area contributed by atoms with Crippen molar-refractivity contribution in [3.05, 3.63) is 28.8 Å². The van der Waals surface area contributed by atoms with Crippen LogP contribution in [0.5, 0.6) is 0 Å². The summed E-state index contributed by atoms with van der Waals surface area (Å²) in [6.07, 6.45) is 1.98. The summed E-state index contributed by atoms with van der Waals surface area (Å²) in [6, 6.07) is 3.73. The molecule has 6 heteroatoms. The highest BCUT2D eigenvalue weighted by molar-refractivity contribution is 7.99. The van der Waals surface area contributed by atoms with Gasteiger partial charge in [-0.25, -0.2) is 13.1 Å². The van der Waals surface area contributed by atoms with Crippen LogP contribution in [-0.4, -0.2) is 33.0 Å². The summed E-state index contributed by atoms with van der Waals surface area (Å²) in [7, 11) is -3.45. The number of benzene rings is 1. The van der Waals surface area contributed by atoms with Crippen molar-refractivity contribution in [3.8, 4) is 0 Å². The molecule has 1 unspecified atom stereocenters. The number of rotatable bonds is 8. The first-order valence-electron chi connectivity index (χ1n) is 7.15. The highest BCUT2D eigenvalue weighted by Crippen LogP contribution is 2.21. The molecule has 0 aliphatic carbocycles. The predicted molar refractivity (Wildman–Crippen MR) is 91.5 cm³/mol. The van der Waals surface area contributed by atoms with E-state index >= 15 is 0 Å². The quantitative estimate of drug-likeness (QED) is 0.769. The van der Waals surface area contributed by atoms with Crippen molar-refractivity contribution in [1.29, 1.82) is 0 Å². The molecule has 0 aromatic heterocycles. The van der Waals surface area contributed by atoms with Crippen LogP contribution in [0.1, 0.15) is 30.5 Å². The molecule has 0 saturated heterocycles. The van der Waals surface area contributed by atoms with E-state index in [4.69, 9.17) is 0 Å². The van der Waals surface area contributed by atoms with Gasteiger partial charge >= 0.3 is 0 Å². The molecule has 120 valence electrons. The fraction of sp³-hybridized carbons (Fsp3) is 0.600. The van der Waals surface area contributed by atoms with Crippen molar-refractivity contribution < 1.29 is 8.42 Å². The molecule has 0 bridgehead atoms. The highest BCUT2D eigenvalue weighted by Gasteiger charge is 2.19. The van der Waals surface area contributed by atoms with Crippen molar-refractivity contribution in [2.75, 3.05) is 19.3 Å². The van der Waals surface area contributed by atoms with Gasteiger partial charge in [0.25, 0.3) is 0 Å². The summed E-state index contributed by atoms with van der Waals surface area (Å²) in [5.74, 6) is 0. The minimum Gasteiger partial charge on any atom is -0.313 e. The lowest BCUT2D eigenvalue weighted by Gasteiger charge is -2.15. The van der Waals surface area contributed by atoms with Crippen molar-refractivity contribution >= 4 is 21.8 Å². The van der Waals surface area contributed by atoms with Crippen molar-refractivity contribution in [1.82, 2.24) is 10.0 Å². The minimum atomic E-state index is -3.45. The number of hydrogen-bond donors (Lipinski definition) is 2. The molecule has 1 aromatic rings. The Kier molecular flexibility index (Phi) is 7.20. The Labute approximate surface area is 133 Å². The molecular weight excluding hydrogens is 304 g/mol. The average Bonchev–Trinajstić information content (AvgIpc) is 2.43. The van der Waals surface area contributed by atoms with Gasteiger partial charge in [0, 0.05) is 18.3 Å². The number of aryl methyl sites for hydroxylation is 2. The van der Waals surface area contributed by atoms with E-state index in [0.717, 1.165) is 23.2 Å². The van der Waals surface area contributed by atoms with Gasteiger partial charge in [-0.05, 0) is 49.4 Å². The summed E-state index contributed by atoms with van der Waals surface area (Å²) in [6.45, 7) is 9.89. The van der Waals surface area contributed by atoms with Gasteiger partial charge in [-0.1, -0.05) is 19.9 Å². The summed E-state index contributed by atoms with van der Waals surface area (Å²) in [5, 5.41) is 3.50. The standard InChI is InChI=1S/C15H26N2O2S2/c1-6-16-10-14-8-15(12(3)7-11(14)2)21(18,19)17-9-13(4)20-5/h7-8,13,16-17H,6,9-10H2,1-5H3. The molecule has 1 atom stereocenters. The van der Waals surface area contributed by atoms with Crippen LogP contribution in [0.4, 0.5) is 0 Å². The van der Waals surface area contributed by atoms with Gasteiger partial charge < -0.3 is 5.32 Å². The topological polar surface area (TPSA) is 58.2 Å². The van der Waals surface area contributed by atoms with Crippen LogP contribution in [0.3, 0.4) is 0 Å². The molecule has 0 spiro atoms. The molecule has 0 fully saturated rings.